The molecule has 0 heterocycles. The minimum absolute atomic E-state index is 0.297. The van der Waals surface area contributed by atoms with Gasteiger partial charge in [0.25, 0.3) is 0 Å². The molecule has 1 heteroatoms. The van der Waals surface area contributed by atoms with Crippen molar-refractivity contribution in [3.63, 3.8) is 0 Å². The maximum absolute atomic E-state index is 11.5. The predicted octanol–water partition coefficient (Wildman–Crippen LogP) is 2.96. The molecule has 0 radical (unpaired) electrons. The number of ketones is 1. The topological polar surface area (TPSA) is 17.1 Å². The molecule has 0 N–H and O–H groups in total. The van der Waals surface area contributed by atoms with Crippen molar-refractivity contribution in [2.75, 3.05) is 0 Å². The SMILES string of the molecule is C=C(C)C(=O)C1CCC(CC)C1. The van der Waals surface area contributed by atoms with Gasteiger partial charge < -0.3 is 0 Å². The fraction of sp³-hybridized carbons (Fsp3) is 0.727. The first-order valence-electron chi connectivity index (χ1n) is 4.84. The highest BCUT2D eigenvalue weighted by Gasteiger charge is 2.28. The third-order valence-corrected chi connectivity index (χ3v) is 2.91. The van der Waals surface area contributed by atoms with Crippen molar-refractivity contribution in [2.45, 2.75) is 39.5 Å². The molecule has 1 saturated carbocycles. The molecule has 0 aliphatic heterocycles. The second-order valence-electron chi connectivity index (χ2n) is 3.93. The van der Waals surface area contributed by atoms with Gasteiger partial charge in [-0.05, 0) is 37.7 Å². The Morgan fingerprint density at radius 3 is 2.58 bits per heavy atom. The van der Waals surface area contributed by atoms with Crippen LogP contribution in [0.2, 0.25) is 0 Å². The molecule has 2 atom stereocenters. The van der Waals surface area contributed by atoms with Crippen molar-refractivity contribution in [2.24, 2.45) is 11.8 Å². The van der Waals surface area contributed by atoms with Crippen LogP contribution in [0, 0.1) is 11.8 Å². The second kappa shape index (κ2) is 3.88. The number of carbonyl (C=O) groups is 1. The van der Waals surface area contributed by atoms with Crippen LogP contribution in [-0.2, 0) is 4.79 Å². The van der Waals surface area contributed by atoms with Crippen LogP contribution in [0.3, 0.4) is 0 Å². The Bertz CT molecular complexity index is 193. The lowest BCUT2D eigenvalue weighted by Gasteiger charge is -2.08. The van der Waals surface area contributed by atoms with E-state index in [1.165, 1.54) is 12.8 Å². The molecule has 1 aliphatic carbocycles. The van der Waals surface area contributed by atoms with Crippen molar-refractivity contribution in [3.05, 3.63) is 12.2 Å². The van der Waals surface area contributed by atoms with Crippen LogP contribution in [0.4, 0.5) is 0 Å². The zero-order valence-corrected chi connectivity index (χ0v) is 8.10. The summed E-state index contributed by atoms with van der Waals surface area (Å²) in [6.45, 7) is 7.73. The lowest BCUT2D eigenvalue weighted by atomic mass is 9.96. The maximum Gasteiger partial charge on any atom is 0.161 e. The molecule has 0 aromatic rings. The smallest absolute Gasteiger partial charge is 0.161 e. The summed E-state index contributed by atoms with van der Waals surface area (Å²) in [4.78, 5) is 11.5. The molecule has 68 valence electrons. The van der Waals surface area contributed by atoms with Crippen LogP contribution in [-0.4, -0.2) is 5.78 Å². The number of rotatable bonds is 3. The van der Waals surface area contributed by atoms with Crippen LogP contribution in [0.5, 0.6) is 0 Å². The first kappa shape index (κ1) is 9.50. The van der Waals surface area contributed by atoms with Crippen molar-refractivity contribution in [1.29, 1.82) is 0 Å². The van der Waals surface area contributed by atoms with E-state index in [1.807, 2.05) is 6.92 Å². The molecule has 0 amide bonds. The summed E-state index contributed by atoms with van der Waals surface area (Å²) >= 11 is 0. The fourth-order valence-electron chi connectivity index (χ4n) is 2.03. The quantitative estimate of drug-likeness (QED) is 0.589. The van der Waals surface area contributed by atoms with E-state index in [1.54, 1.807) is 0 Å². The summed E-state index contributed by atoms with van der Waals surface area (Å²) in [5.74, 6) is 1.39. The minimum atomic E-state index is 0.297. The van der Waals surface area contributed by atoms with Gasteiger partial charge in [0.15, 0.2) is 5.78 Å². The Morgan fingerprint density at radius 2 is 2.17 bits per heavy atom. The highest BCUT2D eigenvalue weighted by molar-refractivity contribution is 5.96. The zero-order valence-electron chi connectivity index (χ0n) is 8.10. The summed E-state index contributed by atoms with van der Waals surface area (Å²) in [6, 6.07) is 0. The number of Topliss-reactive ketones (excluding diaryl/α,β-unsaturated/α-hetero) is 1. The van der Waals surface area contributed by atoms with Crippen LogP contribution >= 0.6 is 0 Å². The molecule has 0 bridgehead atoms. The van der Waals surface area contributed by atoms with Gasteiger partial charge in [-0.15, -0.1) is 0 Å². The van der Waals surface area contributed by atoms with E-state index in [-0.39, 0.29) is 0 Å². The van der Waals surface area contributed by atoms with Crippen molar-refractivity contribution >= 4 is 5.78 Å². The molecular formula is C11H18O. The standard InChI is InChI=1S/C11H18O/c1-4-9-5-6-10(7-9)11(12)8(2)3/h9-10H,2,4-7H2,1,3H3. The molecule has 0 aromatic carbocycles. The average Bonchev–Trinajstić information content (AvgIpc) is 2.50. The Kier molecular flexibility index (Phi) is 3.07. The normalized spacial score (nSPS) is 28.8. The fourth-order valence-corrected chi connectivity index (χ4v) is 2.03. The van der Waals surface area contributed by atoms with Crippen LogP contribution in [0.1, 0.15) is 39.5 Å². The lowest BCUT2D eigenvalue weighted by molar-refractivity contribution is -0.119. The largest absolute Gasteiger partial charge is 0.294 e. The Hall–Kier alpha value is -0.590. The minimum Gasteiger partial charge on any atom is -0.294 e. The van der Waals surface area contributed by atoms with Gasteiger partial charge in [-0.3, -0.25) is 4.79 Å². The third kappa shape index (κ3) is 1.96. The summed E-state index contributed by atoms with van der Waals surface area (Å²) in [7, 11) is 0. The van der Waals surface area contributed by atoms with Crippen LogP contribution in [0.25, 0.3) is 0 Å². The van der Waals surface area contributed by atoms with Gasteiger partial charge >= 0.3 is 0 Å². The molecule has 0 saturated heterocycles. The molecule has 1 aliphatic rings. The van der Waals surface area contributed by atoms with E-state index in [9.17, 15) is 4.79 Å². The van der Waals surface area contributed by atoms with Gasteiger partial charge in [0.2, 0.25) is 0 Å². The van der Waals surface area contributed by atoms with Gasteiger partial charge in [0, 0.05) is 5.92 Å². The molecule has 12 heavy (non-hydrogen) atoms. The number of hydrogen-bond donors (Lipinski definition) is 0. The molecule has 1 rings (SSSR count). The summed E-state index contributed by atoms with van der Waals surface area (Å²) in [6.07, 6.45) is 4.65. The number of hydrogen-bond acceptors (Lipinski definition) is 1. The van der Waals surface area contributed by atoms with E-state index in [2.05, 4.69) is 13.5 Å². The molecule has 1 fully saturated rings. The molecule has 2 unspecified atom stereocenters. The van der Waals surface area contributed by atoms with E-state index < -0.39 is 0 Å². The van der Waals surface area contributed by atoms with Gasteiger partial charge in [-0.1, -0.05) is 19.9 Å². The monoisotopic (exact) mass is 166 g/mol. The van der Waals surface area contributed by atoms with Gasteiger partial charge in [-0.25, -0.2) is 0 Å². The first-order chi connectivity index (χ1) is 5.65. The van der Waals surface area contributed by atoms with Gasteiger partial charge in [-0.2, -0.15) is 0 Å². The number of carbonyl (C=O) groups excluding carboxylic acids is 1. The Labute approximate surface area is 74.9 Å². The van der Waals surface area contributed by atoms with E-state index in [0.29, 0.717) is 11.7 Å². The van der Waals surface area contributed by atoms with E-state index >= 15 is 0 Å². The van der Waals surface area contributed by atoms with Crippen LogP contribution < -0.4 is 0 Å². The number of allylic oxidation sites excluding steroid dienone is 1. The maximum atomic E-state index is 11.5. The summed E-state index contributed by atoms with van der Waals surface area (Å²) in [5.41, 5.74) is 0.733. The van der Waals surface area contributed by atoms with Gasteiger partial charge in [0.1, 0.15) is 0 Å². The summed E-state index contributed by atoms with van der Waals surface area (Å²) in [5, 5.41) is 0. The molecular weight excluding hydrogens is 148 g/mol. The van der Waals surface area contributed by atoms with Crippen molar-refractivity contribution in [1.82, 2.24) is 0 Å². The van der Waals surface area contributed by atoms with E-state index in [4.69, 9.17) is 0 Å². The molecule has 1 nitrogen and oxygen atoms in total. The summed E-state index contributed by atoms with van der Waals surface area (Å²) < 4.78 is 0. The van der Waals surface area contributed by atoms with E-state index in [0.717, 1.165) is 24.3 Å². The van der Waals surface area contributed by atoms with Gasteiger partial charge in [0.05, 0.1) is 0 Å². The Balaban J connectivity index is 2.46. The average molecular weight is 166 g/mol. The predicted molar refractivity (Wildman–Crippen MR) is 50.9 cm³/mol. The lowest BCUT2D eigenvalue weighted by Crippen LogP contribution is -2.11. The van der Waals surface area contributed by atoms with Crippen molar-refractivity contribution < 1.29 is 4.79 Å². The first-order valence-corrected chi connectivity index (χ1v) is 4.84. The molecule has 0 spiro atoms. The second-order valence-corrected chi connectivity index (χ2v) is 3.93. The van der Waals surface area contributed by atoms with Crippen LogP contribution in [0.15, 0.2) is 12.2 Å². The highest BCUT2D eigenvalue weighted by Crippen LogP contribution is 2.34. The van der Waals surface area contributed by atoms with Crippen molar-refractivity contribution in [3.8, 4) is 0 Å². The highest BCUT2D eigenvalue weighted by atomic mass is 16.1. The third-order valence-electron chi connectivity index (χ3n) is 2.91. The zero-order chi connectivity index (χ0) is 9.14. The Morgan fingerprint density at radius 1 is 1.50 bits per heavy atom. The molecule has 0 aromatic heterocycles.